The van der Waals surface area contributed by atoms with Gasteiger partial charge in [0, 0.05) is 5.56 Å². The number of ether oxygens (including phenoxy) is 1. The van der Waals surface area contributed by atoms with Crippen LogP contribution in [0.25, 0.3) is 11.3 Å². The predicted octanol–water partition coefficient (Wildman–Crippen LogP) is 4.32. The molecule has 1 aromatic heterocycles. The van der Waals surface area contributed by atoms with Gasteiger partial charge in [0.05, 0.1) is 0 Å². The lowest BCUT2D eigenvalue weighted by atomic mass is 10.0. The van der Waals surface area contributed by atoms with Crippen molar-refractivity contribution in [2.24, 2.45) is 0 Å². The van der Waals surface area contributed by atoms with Gasteiger partial charge in [-0.05, 0) is 66.8 Å². The Morgan fingerprint density at radius 1 is 1.15 bits per heavy atom. The zero-order valence-electron chi connectivity index (χ0n) is 15.9. The van der Waals surface area contributed by atoms with Crippen LogP contribution in [-0.4, -0.2) is 22.3 Å². The van der Waals surface area contributed by atoms with Gasteiger partial charge in [0.15, 0.2) is 11.8 Å². The maximum Gasteiger partial charge on any atom is 0.266 e. The summed E-state index contributed by atoms with van der Waals surface area (Å²) in [4.78, 5) is 12.5. The number of hydrogen-bond acceptors (Lipinski definition) is 5. The fraction of sp³-hybridized carbons (Fsp3) is 0.286. The lowest BCUT2D eigenvalue weighted by Crippen LogP contribution is -2.30. The minimum Gasteiger partial charge on any atom is -0.481 e. The highest BCUT2D eigenvalue weighted by Gasteiger charge is 2.21. The number of aryl methyl sites for hydroxylation is 3. The first-order valence-corrected chi connectivity index (χ1v) is 8.94. The van der Waals surface area contributed by atoms with Gasteiger partial charge in [-0.3, -0.25) is 4.79 Å². The Morgan fingerprint density at radius 3 is 2.59 bits per heavy atom. The van der Waals surface area contributed by atoms with Crippen LogP contribution in [0.4, 0.5) is 5.82 Å². The third-order valence-electron chi connectivity index (χ3n) is 4.39. The van der Waals surface area contributed by atoms with E-state index in [1.165, 1.54) is 5.56 Å². The number of rotatable bonds is 6. The Kier molecular flexibility index (Phi) is 5.54. The zero-order valence-corrected chi connectivity index (χ0v) is 15.9. The maximum atomic E-state index is 12.5. The number of anilines is 1. The Hall–Kier alpha value is -3.15. The molecule has 6 nitrogen and oxygen atoms in total. The second kappa shape index (κ2) is 8.03. The van der Waals surface area contributed by atoms with Crippen LogP contribution in [0.3, 0.4) is 0 Å². The molecule has 0 spiro atoms. The lowest BCUT2D eigenvalue weighted by Gasteiger charge is -2.14. The summed E-state index contributed by atoms with van der Waals surface area (Å²) in [7, 11) is 0. The molecule has 140 valence electrons. The Morgan fingerprint density at radius 2 is 1.89 bits per heavy atom. The molecule has 2 aromatic carbocycles. The highest BCUT2D eigenvalue weighted by Crippen LogP contribution is 2.28. The van der Waals surface area contributed by atoms with Crippen molar-refractivity contribution < 1.29 is 14.2 Å². The third-order valence-corrected chi connectivity index (χ3v) is 4.39. The van der Waals surface area contributed by atoms with Gasteiger partial charge >= 0.3 is 0 Å². The van der Waals surface area contributed by atoms with Crippen molar-refractivity contribution in [3.63, 3.8) is 0 Å². The van der Waals surface area contributed by atoms with Crippen molar-refractivity contribution in [2.75, 3.05) is 5.32 Å². The number of benzene rings is 2. The lowest BCUT2D eigenvalue weighted by molar-refractivity contribution is -0.122. The third kappa shape index (κ3) is 4.34. The van der Waals surface area contributed by atoms with E-state index in [9.17, 15) is 4.79 Å². The monoisotopic (exact) mass is 365 g/mol. The van der Waals surface area contributed by atoms with E-state index >= 15 is 0 Å². The van der Waals surface area contributed by atoms with Crippen molar-refractivity contribution in [3.8, 4) is 17.0 Å². The topological polar surface area (TPSA) is 77.2 Å². The molecule has 0 radical (unpaired) electrons. The van der Waals surface area contributed by atoms with E-state index in [4.69, 9.17) is 9.37 Å². The summed E-state index contributed by atoms with van der Waals surface area (Å²) in [6.07, 6.45) is 0.261. The van der Waals surface area contributed by atoms with E-state index in [0.29, 0.717) is 11.4 Å². The molecule has 1 atom stereocenters. The average molecular weight is 365 g/mol. The van der Waals surface area contributed by atoms with E-state index in [1.54, 1.807) is 6.92 Å². The number of nitrogens with one attached hydrogen (secondary N) is 1. The summed E-state index contributed by atoms with van der Waals surface area (Å²) >= 11 is 0. The van der Waals surface area contributed by atoms with E-state index in [1.807, 2.05) is 56.3 Å². The number of carbonyl (C=O) groups is 1. The molecular weight excluding hydrogens is 342 g/mol. The zero-order chi connectivity index (χ0) is 19.4. The van der Waals surface area contributed by atoms with Crippen LogP contribution < -0.4 is 10.1 Å². The maximum absolute atomic E-state index is 12.5. The fourth-order valence-corrected chi connectivity index (χ4v) is 2.72. The van der Waals surface area contributed by atoms with E-state index in [2.05, 4.69) is 22.6 Å². The normalized spacial score (nSPS) is 11.9. The number of hydrogen-bond donors (Lipinski definition) is 1. The largest absolute Gasteiger partial charge is 0.481 e. The van der Waals surface area contributed by atoms with Crippen LogP contribution in [0.1, 0.15) is 30.5 Å². The highest BCUT2D eigenvalue weighted by atomic mass is 16.6. The smallest absolute Gasteiger partial charge is 0.266 e. The summed E-state index contributed by atoms with van der Waals surface area (Å²) in [6.45, 7) is 7.74. The molecule has 0 saturated heterocycles. The minimum atomic E-state index is -0.694. The van der Waals surface area contributed by atoms with Crippen LogP contribution in [0.5, 0.6) is 5.75 Å². The SMILES string of the molecule is CCc1ccc(OC(C)C(=O)Nc2nonc2-c2cc(C)ccc2C)cc1. The Balaban J connectivity index is 1.72. The second-order valence-corrected chi connectivity index (χ2v) is 6.53. The number of amides is 1. The van der Waals surface area contributed by atoms with Crippen LogP contribution in [0.2, 0.25) is 0 Å². The summed E-state index contributed by atoms with van der Waals surface area (Å²) in [5.41, 5.74) is 4.70. The quantitative estimate of drug-likeness (QED) is 0.704. The first kappa shape index (κ1) is 18.6. The Labute approximate surface area is 158 Å². The molecule has 6 heteroatoms. The molecule has 3 rings (SSSR count). The molecule has 0 aliphatic carbocycles. The molecule has 1 amide bonds. The standard InChI is InChI=1S/C21H23N3O3/c1-5-16-8-10-17(11-9-16)26-15(4)21(25)22-20-19(23-27-24-20)18-12-13(2)6-7-14(18)3/h6-12,15H,5H2,1-4H3,(H,22,24,25). The average Bonchev–Trinajstić information content (AvgIpc) is 3.12. The van der Waals surface area contributed by atoms with Crippen LogP contribution in [-0.2, 0) is 11.2 Å². The molecule has 1 unspecified atom stereocenters. The van der Waals surface area contributed by atoms with Crippen molar-refractivity contribution in [1.82, 2.24) is 10.3 Å². The van der Waals surface area contributed by atoms with Gasteiger partial charge in [-0.25, -0.2) is 4.63 Å². The van der Waals surface area contributed by atoms with E-state index in [0.717, 1.165) is 23.1 Å². The number of aromatic nitrogens is 2. The molecule has 0 aliphatic rings. The first-order chi connectivity index (χ1) is 13.0. The summed E-state index contributed by atoms with van der Waals surface area (Å²) in [5.74, 6) is 0.602. The van der Waals surface area contributed by atoms with Crippen LogP contribution in [0, 0.1) is 13.8 Å². The van der Waals surface area contributed by atoms with Crippen molar-refractivity contribution in [1.29, 1.82) is 0 Å². The molecule has 0 bridgehead atoms. The summed E-state index contributed by atoms with van der Waals surface area (Å²) in [5, 5.41) is 10.6. The molecule has 0 aliphatic heterocycles. The Bertz CT molecular complexity index is 932. The molecular formula is C21H23N3O3. The van der Waals surface area contributed by atoms with E-state index in [-0.39, 0.29) is 11.7 Å². The van der Waals surface area contributed by atoms with Crippen molar-refractivity contribution in [3.05, 3.63) is 59.2 Å². The summed E-state index contributed by atoms with van der Waals surface area (Å²) in [6, 6.07) is 13.7. The molecule has 1 heterocycles. The fourth-order valence-electron chi connectivity index (χ4n) is 2.72. The van der Waals surface area contributed by atoms with Crippen LogP contribution >= 0.6 is 0 Å². The van der Waals surface area contributed by atoms with Gasteiger partial charge in [-0.1, -0.05) is 36.8 Å². The van der Waals surface area contributed by atoms with Crippen LogP contribution in [0.15, 0.2) is 47.1 Å². The highest BCUT2D eigenvalue weighted by molar-refractivity contribution is 5.96. The second-order valence-electron chi connectivity index (χ2n) is 6.53. The van der Waals surface area contributed by atoms with Crippen molar-refractivity contribution in [2.45, 2.75) is 40.2 Å². The molecule has 27 heavy (non-hydrogen) atoms. The van der Waals surface area contributed by atoms with Gasteiger partial charge < -0.3 is 10.1 Å². The predicted molar refractivity (Wildman–Crippen MR) is 104 cm³/mol. The van der Waals surface area contributed by atoms with Gasteiger partial charge in [0.2, 0.25) is 5.82 Å². The van der Waals surface area contributed by atoms with Gasteiger partial charge in [-0.15, -0.1) is 0 Å². The van der Waals surface area contributed by atoms with Gasteiger partial charge in [0.1, 0.15) is 5.75 Å². The first-order valence-electron chi connectivity index (χ1n) is 8.94. The number of nitrogens with zero attached hydrogens (tertiary/aromatic N) is 2. The van der Waals surface area contributed by atoms with Crippen molar-refractivity contribution >= 4 is 11.7 Å². The van der Waals surface area contributed by atoms with Gasteiger partial charge in [-0.2, -0.15) is 0 Å². The van der Waals surface area contributed by atoms with E-state index < -0.39 is 6.10 Å². The summed E-state index contributed by atoms with van der Waals surface area (Å²) < 4.78 is 10.6. The van der Waals surface area contributed by atoms with Gasteiger partial charge in [0.25, 0.3) is 5.91 Å². The molecule has 0 saturated carbocycles. The molecule has 0 fully saturated rings. The molecule has 3 aromatic rings. The molecule has 1 N–H and O–H groups in total. The minimum absolute atomic E-state index is 0.283. The number of carbonyl (C=O) groups excluding carboxylic acids is 1.